The fraction of sp³-hybridized carbons (Fsp3) is 0.148. The van der Waals surface area contributed by atoms with Crippen molar-refractivity contribution in [1.29, 1.82) is 0 Å². The van der Waals surface area contributed by atoms with Gasteiger partial charge in [-0.15, -0.1) is 5.10 Å². The van der Waals surface area contributed by atoms with Crippen molar-refractivity contribution in [2.75, 3.05) is 26.6 Å². The molecule has 0 bridgehead atoms. The summed E-state index contributed by atoms with van der Waals surface area (Å²) in [7, 11) is 3.15. The van der Waals surface area contributed by atoms with Crippen LogP contribution in [0.2, 0.25) is 0 Å². The molecule has 0 aliphatic carbocycles. The lowest BCUT2D eigenvalue weighted by molar-refractivity contribution is -0.625. The van der Waals surface area contributed by atoms with E-state index in [0.29, 0.717) is 33.8 Å². The van der Waals surface area contributed by atoms with E-state index in [1.165, 1.54) is 18.0 Å². The molecule has 12 heteroatoms. The highest BCUT2D eigenvalue weighted by Crippen LogP contribution is 2.31. The largest absolute Gasteiger partial charge is 0.546 e. The first kappa shape index (κ1) is 27.2. The number of methoxy groups -OCH3 is 2. The number of ether oxygens (including phenoxy) is 3. The number of hydrogen-bond donors (Lipinski definition) is 2. The number of H-pyrrole nitrogens is 1. The molecule has 0 spiro atoms. The smallest absolute Gasteiger partial charge is 0.342 e. The van der Waals surface area contributed by atoms with Crippen LogP contribution < -0.4 is 29.3 Å². The van der Waals surface area contributed by atoms with E-state index in [2.05, 4.69) is 20.7 Å². The molecule has 0 aliphatic rings. The Balaban J connectivity index is 1.49. The van der Waals surface area contributed by atoms with Gasteiger partial charge in [0.1, 0.15) is 18.0 Å². The molecule has 0 saturated carbocycles. The van der Waals surface area contributed by atoms with Crippen molar-refractivity contribution in [3.8, 4) is 34.3 Å². The SMILES string of the molecule is COc1ccc(-c2[nH]nc(SCC(=O)N/N=C\c3ccccc3OCC(=O)[O-])[n+]2-c2ccccc2)cc1OC. The van der Waals surface area contributed by atoms with Gasteiger partial charge in [0.25, 0.3) is 11.7 Å². The summed E-state index contributed by atoms with van der Waals surface area (Å²) < 4.78 is 17.9. The number of hydrogen-bond acceptors (Lipinski definition) is 9. The third-order valence-electron chi connectivity index (χ3n) is 5.33. The number of aromatic amines is 1. The molecule has 0 aliphatic heterocycles. The molecule has 0 fully saturated rings. The quantitative estimate of drug-likeness (QED) is 0.118. The molecular weight excluding hydrogens is 522 g/mol. The molecule has 4 aromatic rings. The molecule has 0 unspecified atom stereocenters. The summed E-state index contributed by atoms with van der Waals surface area (Å²) in [6.45, 7) is -0.593. The molecule has 1 amide bonds. The van der Waals surface area contributed by atoms with Crippen molar-refractivity contribution in [3.63, 3.8) is 0 Å². The molecule has 200 valence electrons. The second-order valence-corrected chi connectivity index (χ2v) is 8.82. The van der Waals surface area contributed by atoms with E-state index in [-0.39, 0.29) is 11.7 Å². The lowest BCUT2D eigenvalue weighted by Gasteiger charge is -2.09. The number of carbonyl (C=O) groups excluding carboxylic acids is 2. The van der Waals surface area contributed by atoms with Gasteiger partial charge >= 0.3 is 5.16 Å². The van der Waals surface area contributed by atoms with Gasteiger partial charge in [-0.1, -0.05) is 30.3 Å². The van der Waals surface area contributed by atoms with Crippen LogP contribution >= 0.6 is 11.8 Å². The van der Waals surface area contributed by atoms with Crippen LogP contribution in [0, 0.1) is 0 Å². The first-order valence-corrected chi connectivity index (χ1v) is 12.6. The van der Waals surface area contributed by atoms with E-state index in [1.54, 1.807) is 38.5 Å². The highest BCUT2D eigenvalue weighted by Gasteiger charge is 2.25. The van der Waals surface area contributed by atoms with Gasteiger partial charge in [-0.3, -0.25) is 4.79 Å². The molecule has 1 aromatic heterocycles. The molecule has 3 aromatic carbocycles. The number of carboxylic acid groups (broad SMARTS) is 1. The lowest BCUT2D eigenvalue weighted by Crippen LogP contribution is -2.34. The second kappa shape index (κ2) is 13.1. The number of aromatic nitrogens is 3. The summed E-state index contributed by atoms with van der Waals surface area (Å²) in [5.74, 6) is 0.498. The molecule has 0 saturated heterocycles. The molecule has 1 heterocycles. The number of para-hydroxylation sites is 2. The number of carboxylic acids is 1. The second-order valence-electron chi connectivity index (χ2n) is 7.88. The molecule has 4 rings (SSSR count). The normalized spacial score (nSPS) is 10.8. The van der Waals surface area contributed by atoms with Gasteiger partial charge in [0.05, 0.1) is 42.8 Å². The average molecular weight is 548 g/mol. The van der Waals surface area contributed by atoms with Crippen LogP contribution in [0.3, 0.4) is 0 Å². The van der Waals surface area contributed by atoms with E-state index in [9.17, 15) is 14.7 Å². The van der Waals surface area contributed by atoms with Crippen molar-refractivity contribution in [2.24, 2.45) is 5.10 Å². The zero-order valence-electron chi connectivity index (χ0n) is 21.1. The number of amides is 1. The van der Waals surface area contributed by atoms with Gasteiger partial charge in [0.2, 0.25) is 0 Å². The molecular formula is C27H25N5O6S. The van der Waals surface area contributed by atoms with Crippen LogP contribution in [0.5, 0.6) is 17.2 Å². The highest BCUT2D eigenvalue weighted by molar-refractivity contribution is 7.99. The molecule has 0 radical (unpaired) electrons. The van der Waals surface area contributed by atoms with Gasteiger partial charge in [0.15, 0.2) is 11.5 Å². The predicted octanol–water partition coefficient (Wildman–Crippen LogP) is 1.74. The Hall–Kier alpha value is -4.84. The van der Waals surface area contributed by atoms with Gasteiger partial charge < -0.3 is 24.1 Å². The number of nitrogens with one attached hydrogen (secondary N) is 2. The van der Waals surface area contributed by atoms with Crippen molar-refractivity contribution >= 4 is 29.9 Å². The standard InChI is InChI=1S/C27H25N5O6S/c1-36-22-13-12-18(14-23(22)37-2)26-30-31-27(32(26)20-9-4-3-5-10-20)39-17-24(33)29-28-15-19-8-6-7-11-21(19)38-16-25(34)35/h3-15H,16-17H2,1-2H3,(H2,29,33,34,35)/b28-15-. The van der Waals surface area contributed by atoms with Crippen LogP contribution in [0.25, 0.3) is 17.1 Å². The first-order chi connectivity index (χ1) is 19.0. The Labute approximate surface area is 228 Å². The van der Waals surface area contributed by atoms with E-state index in [0.717, 1.165) is 11.3 Å². The number of thioether (sulfide) groups is 1. The van der Waals surface area contributed by atoms with Crippen LogP contribution in [0.15, 0.2) is 83.1 Å². The monoisotopic (exact) mass is 547 g/mol. The van der Waals surface area contributed by atoms with Crippen LogP contribution in [0.4, 0.5) is 0 Å². The van der Waals surface area contributed by atoms with Crippen LogP contribution in [0.1, 0.15) is 5.56 Å². The minimum Gasteiger partial charge on any atom is -0.546 e. The summed E-state index contributed by atoms with van der Waals surface area (Å²) in [5.41, 5.74) is 4.63. The Morgan fingerprint density at radius 2 is 1.77 bits per heavy atom. The predicted molar refractivity (Wildman–Crippen MR) is 142 cm³/mol. The maximum absolute atomic E-state index is 12.5. The van der Waals surface area contributed by atoms with Crippen molar-refractivity contribution in [1.82, 2.24) is 15.6 Å². The molecule has 11 nitrogen and oxygen atoms in total. The van der Waals surface area contributed by atoms with Gasteiger partial charge in [-0.25, -0.2) is 5.43 Å². The zero-order chi connectivity index (χ0) is 27.6. The maximum Gasteiger partial charge on any atom is 0.342 e. The minimum atomic E-state index is -1.34. The highest BCUT2D eigenvalue weighted by atomic mass is 32.2. The number of carbonyl (C=O) groups is 2. The zero-order valence-corrected chi connectivity index (χ0v) is 21.9. The molecule has 2 N–H and O–H groups in total. The van der Waals surface area contributed by atoms with Gasteiger partial charge in [0, 0.05) is 5.56 Å². The van der Waals surface area contributed by atoms with Gasteiger partial charge in [-0.2, -0.15) is 9.67 Å². The number of nitrogens with zero attached hydrogens (tertiary/aromatic N) is 3. The minimum absolute atomic E-state index is 0.0310. The Kier molecular flexibility index (Phi) is 9.14. The first-order valence-electron chi connectivity index (χ1n) is 11.6. The fourth-order valence-electron chi connectivity index (χ4n) is 3.58. The summed E-state index contributed by atoms with van der Waals surface area (Å²) >= 11 is 1.23. The topological polar surface area (TPSA) is 142 Å². The van der Waals surface area contributed by atoms with Crippen LogP contribution in [-0.4, -0.2) is 54.9 Å². The third kappa shape index (κ3) is 6.93. The molecule has 0 atom stereocenters. The lowest BCUT2D eigenvalue weighted by atomic mass is 10.2. The summed E-state index contributed by atoms with van der Waals surface area (Å²) in [4.78, 5) is 23.2. The number of rotatable bonds is 12. The van der Waals surface area contributed by atoms with E-state index in [1.807, 2.05) is 53.1 Å². The number of benzene rings is 3. The van der Waals surface area contributed by atoms with Gasteiger partial charge in [-0.05, 0) is 54.2 Å². The number of hydrazone groups is 1. The number of aliphatic carboxylic acids is 1. The van der Waals surface area contributed by atoms with Crippen molar-refractivity contribution in [3.05, 3.63) is 78.4 Å². The van der Waals surface area contributed by atoms with E-state index < -0.39 is 12.6 Å². The van der Waals surface area contributed by atoms with Crippen molar-refractivity contribution in [2.45, 2.75) is 5.16 Å². The fourth-order valence-corrected chi connectivity index (χ4v) is 4.34. The Bertz CT molecular complexity index is 1470. The third-order valence-corrected chi connectivity index (χ3v) is 6.27. The van der Waals surface area contributed by atoms with E-state index in [4.69, 9.17) is 14.2 Å². The van der Waals surface area contributed by atoms with E-state index >= 15 is 0 Å². The summed E-state index contributed by atoms with van der Waals surface area (Å²) in [6, 6.07) is 21.9. The van der Waals surface area contributed by atoms with Crippen LogP contribution in [-0.2, 0) is 9.59 Å². The summed E-state index contributed by atoms with van der Waals surface area (Å²) in [6.07, 6.45) is 1.38. The summed E-state index contributed by atoms with van der Waals surface area (Å²) in [5, 5.41) is 22.7. The Morgan fingerprint density at radius 3 is 2.51 bits per heavy atom. The Morgan fingerprint density at radius 1 is 1.03 bits per heavy atom. The molecule has 39 heavy (non-hydrogen) atoms. The average Bonchev–Trinajstić information content (AvgIpc) is 3.39. The van der Waals surface area contributed by atoms with Crippen molar-refractivity contribution < 1.29 is 33.5 Å². The maximum atomic E-state index is 12.5.